The third kappa shape index (κ3) is 3.67. The van der Waals surface area contributed by atoms with Crippen LogP contribution in [0.1, 0.15) is 30.1 Å². The zero-order valence-corrected chi connectivity index (χ0v) is 18.7. The number of pyridine rings is 1. The molecular weight excluding hydrogens is 426 g/mol. The summed E-state index contributed by atoms with van der Waals surface area (Å²) in [6.45, 7) is 1.44. The Bertz CT molecular complexity index is 1470. The number of rotatable bonds is 4. The maximum Gasteiger partial charge on any atom is 0.227 e. The summed E-state index contributed by atoms with van der Waals surface area (Å²) in [5.41, 5.74) is 11.5. The minimum atomic E-state index is 0.138. The molecule has 6 rings (SSSR count). The van der Waals surface area contributed by atoms with E-state index in [0.29, 0.717) is 24.3 Å². The number of nitrogens with two attached hydrogens (primary N) is 1. The number of benzene rings is 2. The first-order valence-electron chi connectivity index (χ1n) is 11.6. The molecule has 1 atom stereocenters. The molecule has 8 nitrogen and oxygen atoms in total. The molecule has 5 aromatic rings. The van der Waals surface area contributed by atoms with Gasteiger partial charge in [0.05, 0.1) is 23.1 Å². The first-order chi connectivity index (χ1) is 16.7. The Hall–Kier alpha value is -4.20. The molecular formula is C26H25N7O. The highest BCUT2D eigenvalue weighted by atomic mass is 16.2. The van der Waals surface area contributed by atoms with Crippen LogP contribution in [-0.2, 0) is 11.2 Å². The number of nitrogens with one attached hydrogen (secondary N) is 2. The fourth-order valence-corrected chi connectivity index (χ4v) is 4.87. The standard InChI is InChI=1S/C26H25N7O/c27-25-24-23(19-9-8-17(14-21(19)29-25)20-10-11-28-32-20)30-26(31-24)18-7-4-12-33(15-18)22(34)13-16-5-2-1-3-6-16/h1-3,5-6,8-11,14,18H,4,7,12-13,15H2,(H2,27,29)(H,28,32)(H,30,31)/t18-/m0/s1. The van der Waals surface area contributed by atoms with Gasteiger partial charge in [-0.3, -0.25) is 9.89 Å². The fraction of sp³-hybridized carbons (Fsp3) is 0.231. The summed E-state index contributed by atoms with van der Waals surface area (Å²) in [5, 5.41) is 8.06. The molecule has 2 aromatic carbocycles. The Balaban J connectivity index is 1.30. The van der Waals surface area contributed by atoms with Crippen LogP contribution < -0.4 is 5.73 Å². The number of aromatic amines is 2. The highest BCUT2D eigenvalue weighted by molar-refractivity contribution is 6.07. The number of hydrogen-bond donors (Lipinski definition) is 3. The largest absolute Gasteiger partial charge is 0.382 e. The maximum atomic E-state index is 12.9. The van der Waals surface area contributed by atoms with Gasteiger partial charge >= 0.3 is 0 Å². The number of amides is 1. The zero-order valence-electron chi connectivity index (χ0n) is 18.7. The molecule has 1 fully saturated rings. The first-order valence-corrected chi connectivity index (χ1v) is 11.6. The summed E-state index contributed by atoms with van der Waals surface area (Å²) >= 11 is 0. The molecule has 3 aromatic heterocycles. The summed E-state index contributed by atoms with van der Waals surface area (Å²) in [4.78, 5) is 27.9. The second kappa shape index (κ2) is 8.30. The SMILES string of the molecule is Nc1nc2cc(-c3cc[nH]n3)ccc2c2[nH]c([C@H]3CCCN(C(=O)Cc4ccccc4)C3)nc12. The van der Waals surface area contributed by atoms with Crippen LogP contribution in [-0.4, -0.2) is 49.0 Å². The van der Waals surface area contributed by atoms with Crippen molar-refractivity contribution in [3.8, 4) is 11.3 Å². The molecule has 1 aliphatic rings. The van der Waals surface area contributed by atoms with Crippen LogP contribution in [0.5, 0.6) is 0 Å². The van der Waals surface area contributed by atoms with Gasteiger partial charge in [-0.2, -0.15) is 5.10 Å². The molecule has 8 heteroatoms. The number of anilines is 1. The molecule has 170 valence electrons. The average Bonchev–Trinajstić information content (AvgIpc) is 3.56. The summed E-state index contributed by atoms with van der Waals surface area (Å²) < 4.78 is 0. The van der Waals surface area contributed by atoms with Gasteiger partial charge in [0.2, 0.25) is 5.91 Å². The number of nitrogens with zero attached hydrogens (tertiary/aromatic N) is 4. The van der Waals surface area contributed by atoms with Gasteiger partial charge in [-0.05, 0) is 36.6 Å². The topological polar surface area (TPSA) is 117 Å². The maximum absolute atomic E-state index is 12.9. The van der Waals surface area contributed by atoms with Gasteiger partial charge in [0, 0.05) is 36.2 Å². The van der Waals surface area contributed by atoms with Crippen LogP contribution in [0, 0.1) is 0 Å². The quantitative estimate of drug-likeness (QED) is 0.381. The number of carbonyl (C=O) groups is 1. The van der Waals surface area contributed by atoms with Crippen molar-refractivity contribution in [1.82, 2.24) is 30.0 Å². The summed E-state index contributed by atoms with van der Waals surface area (Å²) in [6.07, 6.45) is 4.14. The van der Waals surface area contributed by atoms with Crippen LogP contribution in [0.2, 0.25) is 0 Å². The number of piperidine rings is 1. The third-order valence-corrected chi connectivity index (χ3v) is 6.63. The van der Waals surface area contributed by atoms with Crippen molar-refractivity contribution in [2.45, 2.75) is 25.2 Å². The summed E-state index contributed by atoms with van der Waals surface area (Å²) in [5.74, 6) is 1.56. The average molecular weight is 452 g/mol. The number of carbonyl (C=O) groups excluding carboxylic acids is 1. The van der Waals surface area contributed by atoms with E-state index >= 15 is 0 Å². The predicted octanol–water partition coefficient (Wildman–Crippen LogP) is 4.03. The second-order valence-corrected chi connectivity index (χ2v) is 8.88. The van der Waals surface area contributed by atoms with Crippen LogP contribution in [0.25, 0.3) is 33.2 Å². The number of nitrogen functional groups attached to an aromatic ring is 1. The lowest BCUT2D eigenvalue weighted by molar-refractivity contribution is -0.131. The summed E-state index contributed by atoms with van der Waals surface area (Å²) in [7, 11) is 0. The molecule has 4 N–H and O–H groups in total. The lowest BCUT2D eigenvalue weighted by Gasteiger charge is -2.32. The van der Waals surface area contributed by atoms with E-state index in [9.17, 15) is 4.79 Å². The van der Waals surface area contributed by atoms with E-state index in [4.69, 9.17) is 10.7 Å². The van der Waals surface area contributed by atoms with Crippen molar-refractivity contribution >= 4 is 33.7 Å². The monoisotopic (exact) mass is 451 g/mol. The molecule has 0 bridgehead atoms. The molecule has 0 unspecified atom stereocenters. The van der Waals surface area contributed by atoms with E-state index in [1.807, 2.05) is 59.5 Å². The van der Waals surface area contributed by atoms with Gasteiger partial charge in [0.15, 0.2) is 5.82 Å². The lowest BCUT2D eigenvalue weighted by atomic mass is 9.96. The molecule has 1 saturated heterocycles. The van der Waals surface area contributed by atoms with E-state index in [1.54, 1.807) is 6.20 Å². The Morgan fingerprint density at radius 2 is 2.00 bits per heavy atom. The minimum Gasteiger partial charge on any atom is -0.382 e. The van der Waals surface area contributed by atoms with Gasteiger partial charge < -0.3 is 15.6 Å². The Kier molecular flexibility index (Phi) is 4.98. The van der Waals surface area contributed by atoms with Crippen molar-refractivity contribution in [2.24, 2.45) is 0 Å². The van der Waals surface area contributed by atoms with Gasteiger partial charge in [0.25, 0.3) is 0 Å². The number of likely N-dealkylation sites (tertiary alicyclic amines) is 1. The predicted molar refractivity (Wildman–Crippen MR) is 132 cm³/mol. The summed E-state index contributed by atoms with van der Waals surface area (Å²) in [6, 6.07) is 17.9. The number of imidazole rings is 1. The van der Waals surface area contributed by atoms with E-state index in [0.717, 1.165) is 58.5 Å². The second-order valence-electron chi connectivity index (χ2n) is 8.88. The van der Waals surface area contributed by atoms with Crippen molar-refractivity contribution in [3.63, 3.8) is 0 Å². The van der Waals surface area contributed by atoms with Crippen molar-refractivity contribution in [2.75, 3.05) is 18.8 Å². The van der Waals surface area contributed by atoms with Crippen LogP contribution in [0.3, 0.4) is 0 Å². The molecule has 0 saturated carbocycles. The third-order valence-electron chi connectivity index (χ3n) is 6.63. The minimum absolute atomic E-state index is 0.138. The normalized spacial score (nSPS) is 16.4. The Morgan fingerprint density at radius 3 is 2.82 bits per heavy atom. The van der Waals surface area contributed by atoms with E-state index < -0.39 is 0 Å². The lowest BCUT2D eigenvalue weighted by Crippen LogP contribution is -2.40. The van der Waals surface area contributed by atoms with Gasteiger partial charge in [0.1, 0.15) is 11.3 Å². The van der Waals surface area contributed by atoms with Gasteiger partial charge in [-0.25, -0.2) is 9.97 Å². The molecule has 0 radical (unpaired) electrons. The highest BCUT2D eigenvalue weighted by Gasteiger charge is 2.27. The smallest absolute Gasteiger partial charge is 0.227 e. The van der Waals surface area contributed by atoms with Crippen molar-refractivity contribution in [1.29, 1.82) is 0 Å². The molecule has 0 spiro atoms. The van der Waals surface area contributed by atoms with Crippen molar-refractivity contribution < 1.29 is 4.79 Å². The number of aromatic nitrogens is 5. The number of fused-ring (bicyclic) bond motifs is 3. The molecule has 1 amide bonds. The van der Waals surface area contributed by atoms with Gasteiger partial charge in [-0.1, -0.05) is 36.4 Å². The van der Waals surface area contributed by atoms with E-state index in [1.165, 1.54) is 0 Å². The number of hydrogen-bond acceptors (Lipinski definition) is 5. The molecule has 4 heterocycles. The van der Waals surface area contributed by atoms with Crippen LogP contribution in [0.4, 0.5) is 5.82 Å². The molecule has 34 heavy (non-hydrogen) atoms. The first kappa shape index (κ1) is 20.4. The Labute approximate surface area is 196 Å². The van der Waals surface area contributed by atoms with E-state index in [2.05, 4.69) is 20.2 Å². The van der Waals surface area contributed by atoms with Crippen LogP contribution >= 0.6 is 0 Å². The van der Waals surface area contributed by atoms with Crippen LogP contribution in [0.15, 0.2) is 60.8 Å². The zero-order chi connectivity index (χ0) is 23.1. The van der Waals surface area contributed by atoms with E-state index in [-0.39, 0.29) is 11.8 Å². The van der Waals surface area contributed by atoms with Gasteiger partial charge in [-0.15, -0.1) is 0 Å². The molecule has 0 aliphatic carbocycles. The highest BCUT2D eigenvalue weighted by Crippen LogP contribution is 2.33. The number of H-pyrrole nitrogens is 2. The fourth-order valence-electron chi connectivity index (χ4n) is 4.87. The van der Waals surface area contributed by atoms with Crippen molar-refractivity contribution in [3.05, 3.63) is 72.2 Å². The Morgan fingerprint density at radius 1 is 1.12 bits per heavy atom. The molecule has 1 aliphatic heterocycles.